The molecule has 2 unspecified atom stereocenters. The van der Waals surface area contributed by atoms with Crippen molar-refractivity contribution in [1.82, 2.24) is 4.98 Å². The van der Waals surface area contributed by atoms with Gasteiger partial charge in [0.2, 0.25) is 5.91 Å². The number of hydrogen-bond donors (Lipinski definition) is 2. The van der Waals surface area contributed by atoms with E-state index in [9.17, 15) is 17.6 Å². The molecule has 1 aliphatic carbocycles. The molecule has 22 heavy (non-hydrogen) atoms. The first kappa shape index (κ1) is 15.7. The molecule has 2 atom stereocenters. The molecule has 0 saturated carbocycles. The molecule has 1 amide bonds. The lowest BCUT2D eigenvalue weighted by Crippen LogP contribution is -2.43. The maximum atomic E-state index is 14.2. The molecule has 1 aromatic rings. The van der Waals surface area contributed by atoms with Crippen LogP contribution < -0.4 is 16.3 Å². The van der Waals surface area contributed by atoms with Gasteiger partial charge in [-0.25, -0.2) is 12.8 Å². The van der Waals surface area contributed by atoms with Crippen molar-refractivity contribution in [2.75, 3.05) is 11.5 Å². The Balaban J connectivity index is 2.10. The normalized spacial score (nSPS) is 28.0. The molecule has 1 saturated heterocycles. The molecule has 2 heterocycles. The number of H-pyrrole nitrogens is 1. The summed E-state index contributed by atoms with van der Waals surface area (Å²) in [5.74, 6) is -0.378. The average Bonchev–Trinajstić information content (AvgIpc) is 2.82. The Morgan fingerprint density at radius 3 is 2.59 bits per heavy atom. The fourth-order valence-corrected chi connectivity index (χ4v) is 5.21. The Kier molecular flexibility index (Phi) is 3.92. The van der Waals surface area contributed by atoms with Gasteiger partial charge in [0, 0.05) is 11.4 Å². The van der Waals surface area contributed by atoms with Crippen LogP contribution >= 0.6 is 15.9 Å². The Morgan fingerprint density at radius 2 is 2.00 bits per heavy atom. The van der Waals surface area contributed by atoms with E-state index in [1.54, 1.807) is 12.3 Å². The van der Waals surface area contributed by atoms with Crippen molar-refractivity contribution in [2.45, 2.75) is 29.8 Å². The molecule has 5 nitrogen and oxygen atoms in total. The standard InChI is InChI=1S/C14H16BrFN2O3S/c15-10-5-8-9(7-1-3-22(20,21)4-2-7)6-18-13(8)11(12(10)16)14(17)19/h5-7,10,12,18H,1-4H2,(H2,17,19). The summed E-state index contributed by atoms with van der Waals surface area (Å²) in [5, 5.41) is 1.17. The number of hydrogen-bond acceptors (Lipinski definition) is 3. The lowest BCUT2D eigenvalue weighted by molar-refractivity contribution is -0.113. The molecule has 3 rings (SSSR count). The van der Waals surface area contributed by atoms with Gasteiger partial charge < -0.3 is 10.7 Å². The number of halogens is 2. The Labute approximate surface area is 135 Å². The van der Waals surface area contributed by atoms with Crippen LogP contribution in [-0.4, -0.2) is 41.8 Å². The highest BCUT2D eigenvalue weighted by Crippen LogP contribution is 2.28. The number of sulfone groups is 1. The third kappa shape index (κ3) is 2.62. The third-order valence-corrected chi connectivity index (χ3v) is 6.81. The minimum absolute atomic E-state index is 0.0611. The molecule has 1 aromatic heterocycles. The number of alkyl halides is 2. The predicted octanol–water partition coefficient (Wildman–Crippen LogP) is -0.161. The molecular weight excluding hydrogens is 375 g/mol. The van der Waals surface area contributed by atoms with Crippen LogP contribution in [0.3, 0.4) is 0 Å². The number of aromatic nitrogens is 1. The molecule has 1 aliphatic heterocycles. The molecule has 0 spiro atoms. The number of rotatable bonds is 2. The van der Waals surface area contributed by atoms with E-state index >= 15 is 0 Å². The topological polar surface area (TPSA) is 93.0 Å². The van der Waals surface area contributed by atoms with E-state index in [1.165, 1.54) is 0 Å². The van der Waals surface area contributed by atoms with Gasteiger partial charge in [-0.3, -0.25) is 4.79 Å². The van der Waals surface area contributed by atoms with Gasteiger partial charge in [0.05, 0.1) is 27.3 Å². The number of amides is 1. The lowest BCUT2D eigenvalue weighted by atomic mass is 9.91. The average molecular weight is 391 g/mol. The zero-order valence-corrected chi connectivity index (χ0v) is 14.1. The van der Waals surface area contributed by atoms with Crippen molar-refractivity contribution in [2.24, 2.45) is 5.73 Å². The summed E-state index contributed by atoms with van der Waals surface area (Å²) in [6.45, 7) is 0. The number of carbonyl (C=O) groups is 1. The van der Waals surface area contributed by atoms with Crippen molar-refractivity contribution >= 4 is 43.3 Å². The van der Waals surface area contributed by atoms with Gasteiger partial charge in [-0.15, -0.1) is 0 Å². The Bertz CT molecular complexity index is 832. The molecule has 3 N–H and O–H groups in total. The van der Waals surface area contributed by atoms with Crippen LogP contribution in [0.15, 0.2) is 6.20 Å². The highest BCUT2D eigenvalue weighted by Gasteiger charge is 2.32. The van der Waals surface area contributed by atoms with Crippen molar-refractivity contribution in [3.05, 3.63) is 22.3 Å². The minimum Gasteiger partial charge on any atom is -0.366 e. The highest BCUT2D eigenvalue weighted by molar-refractivity contribution is 9.09. The third-order valence-electron chi connectivity index (χ3n) is 4.36. The van der Waals surface area contributed by atoms with Gasteiger partial charge in [-0.05, 0) is 24.3 Å². The monoisotopic (exact) mass is 390 g/mol. The molecule has 8 heteroatoms. The lowest BCUT2D eigenvalue weighted by Gasteiger charge is -2.22. The second-order valence-electron chi connectivity index (χ2n) is 5.75. The second-order valence-corrected chi connectivity index (χ2v) is 9.11. The second kappa shape index (κ2) is 5.49. The van der Waals surface area contributed by atoms with Crippen molar-refractivity contribution in [3.8, 4) is 0 Å². The van der Waals surface area contributed by atoms with E-state index < -0.39 is 26.7 Å². The molecule has 0 bridgehead atoms. The molecule has 0 aromatic carbocycles. The van der Waals surface area contributed by atoms with Crippen LogP contribution in [0.2, 0.25) is 0 Å². The van der Waals surface area contributed by atoms with E-state index in [-0.39, 0.29) is 23.0 Å². The summed E-state index contributed by atoms with van der Waals surface area (Å²) in [4.78, 5) is 13.9. The number of nitrogens with one attached hydrogen (secondary N) is 1. The summed E-state index contributed by atoms with van der Waals surface area (Å²) in [6.07, 6.45) is 3.05. The quantitative estimate of drug-likeness (QED) is 0.687. The Hall–Kier alpha value is -1.15. The smallest absolute Gasteiger partial charge is 0.249 e. The largest absolute Gasteiger partial charge is 0.366 e. The molecule has 1 fully saturated rings. The summed E-state index contributed by atoms with van der Waals surface area (Å²) >= 11 is 3.22. The zero-order chi connectivity index (χ0) is 16.1. The maximum absolute atomic E-state index is 14.2. The van der Waals surface area contributed by atoms with E-state index in [4.69, 9.17) is 5.73 Å². The van der Waals surface area contributed by atoms with Crippen molar-refractivity contribution in [1.29, 1.82) is 0 Å². The van der Waals surface area contributed by atoms with Crippen LogP contribution in [0.1, 0.15) is 24.3 Å². The molecular formula is C14H16BrFN2O3S. The van der Waals surface area contributed by atoms with Crippen LogP contribution in [0, 0.1) is 0 Å². The fraction of sp³-hybridized carbons (Fsp3) is 0.500. The molecule has 2 aliphatic rings. The van der Waals surface area contributed by atoms with Gasteiger partial charge in [-0.1, -0.05) is 22.0 Å². The van der Waals surface area contributed by atoms with Crippen LogP contribution in [0.4, 0.5) is 4.39 Å². The van der Waals surface area contributed by atoms with Crippen LogP contribution in [-0.2, 0) is 14.6 Å². The van der Waals surface area contributed by atoms with E-state index in [0.717, 1.165) is 10.8 Å². The predicted molar refractivity (Wildman–Crippen MR) is 85.3 cm³/mol. The fourth-order valence-electron chi connectivity index (χ4n) is 3.19. The van der Waals surface area contributed by atoms with Gasteiger partial charge in [0.25, 0.3) is 0 Å². The van der Waals surface area contributed by atoms with Crippen LogP contribution in [0.5, 0.6) is 0 Å². The number of fused-ring (bicyclic) bond motifs is 1. The number of primary amides is 1. The van der Waals surface area contributed by atoms with Crippen molar-refractivity contribution in [3.63, 3.8) is 0 Å². The van der Waals surface area contributed by atoms with Gasteiger partial charge in [0.1, 0.15) is 16.0 Å². The SMILES string of the molecule is NC(=O)C1=c2[nH]cc(C3CCS(=O)(=O)CC3)c2=CC(Br)C1F. The van der Waals surface area contributed by atoms with Gasteiger partial charge in [-0.2, -0.15) is 0 Å². The van der Waals surface area contributed by atoms with E-state index in [2.05, 4.69) is 20.9 Å². The molecule has 120 valence electrons. The van der Waals surface area contributed by atoms with E-state index in [1.807, 2.05) is 0 Å². The maximum Gasteiger partial charge on any atom is 0.249 e. The summed E-state index contributed by atoms with van der Waals surface area (Å²) in [5.41, 5.74) is 6.18. The van der Waals surface area contributed by atoms with E-state index in [0.29, 0.717) is 18.2 Å². The summed E-state index contributed by atoms with van der Waals surface area (Å²) < 4.78 is 37.3. The summed E-state index contributed by atoms with van der Waals surface area (Å²) in [7, 11) is -2.94. The zero-order valence-electron chi connectivity index (χ0n) is 11.7. The first-order valence-electron chi connectivity index (χ1n) is 7.02. The first-order chi connectivity index (χ1) is 10.3. The minimum atomic E-state index is -2.94. The van der Waals surface area contributed by atoms with Crippen molar-refractivity contribution < 1.29 is 17.6 Å². The summed E-state index contributed by atoms with van der Waals surface area (Å²) in [6, 6.07) is 0. The van der Waals surface area contributed by atoms with Gasteiger partial charge >= 0.3 is 0 Å². The molecule has 0 radical (unpaired) electrons. The van der Waals surface area contributed by atoms with Gasteiger partial charge in [0.15, 0.2) is 0 Å². The highest BCUT2D eigenvalue weighted by atomic mass is 79.9. The number of nitrogens with two attached hydrogens (primary N) is 1. The number of carbonyl (C=O) groups excluding carboxylic acids is 1. The Morgan fingerprint density at radius 1 is 1.36 bits per heavy atom. The number of aromatic amines is 1. The first-order valence-corrected chi connectivity index (χ1v) is 9.75. The van der Waals surface area contributed by atoms with Crippen LogP contribution in [0.25, 0.3) is 11.6 Å².